The molecular weight excluding hydrogens is 280 g/mol. The summed E-state index contributed by atoms with van der Waals surface area (Å²) in [6.07, 6.45) is 6.24. The summed E-state index contributed by atoms with van der Waals surface area (Å²) in [5, 5.41) is 5.51. The van der Waals surface area contributed by atoms with Gasteiger partial charge in [0.25, 0.3) is 0 Å². The number of nitrogens with one attached hydrogen (secondary N) is 2. The zero-order chi connectivity index (χ0) is 12.3. The molecule has 1 aromatic rings. The van der Waals surface area contributed by atoms with Crippen molar-refractivity contribution in [2.75, 3.05) is 5.32 Å². The summed E-state index contributed by atoms with van der Waals surface area (Å²) in [7, 11) is 0. The van der Waals surface area contributed by atoms with Gasteiger partial charge in [-0.15, -0.1) is 0 Å². The van der Waals surface area contributed by atoms with Crippen molar-refractivity contribution in [3.05, 3.63) is 40.5 Å². The maximum Gasteiger partial charge on any atom is 0.323 e. The summed E-state index contributed by atoms with van der Waals surface area (Å²) >= 11 is 3.39. The molecule has 1 aliphatic carbocycles. The Hall–Kier alpha value is -1.29. The van der Waals surface area contributed by atoms with Crippen molar-refractivity contribution in [1.29, 1.82) is 0 Å². The van der Waals surface area contributed by atoms with E-state index in [0.29, 0.717) is 5.92 Å². The second-order valence-corrected chi connectivity index (χ2v) is 5.17. The highest BCUT2D eigenvalue weighted by Gasteiger charge is 2.17. The van der Waals surface area contributed by atoms with Gasteiger partial charge in [-0.1, -0.05) is 22.0 Å². The number of aryl methyl sites for hydroxylation is 1. The van der Waals surface area contributed by atoms with Gasteiger partial charge in [0.05, 0.1) is 0 Å². The van der Waals surface area contributed by atoms with E-state index in [0.717, 1.165) is 15.7 Å². The Bertz CT molecular complexity index is 453. The van der Waals surface area contributed by atoms with Crippen LogP contribution in [0.1, 0.15) is 18.4 Å². The number of urea groups is 1. The van der Waals surface area contributed by atoms with Gasteiger partial charge in [0.1, 0.15) is 0 Å². The van der Waals surface area contributed by atoms with E-state index >= 15 is 0 Å². The van der Waals surface area contributed by atoms with Gasteiger partial charge in [0.2, 0.25) is 0 Å². The number of hydrogen-bond donors (Lipinski definition) is 2. The van der Waals surface area contributed by atoms with Gasteiger partial charge in [-0.3, -0.25) is 0 Å². The van der Waals surface area contributed by atoms with Crippen LogP contribution in [-0.4, -0.2) is 6.03 Å². The van der Waals surface area contributed by atoms with Crippen molar-refractivity contribution in [3.8, 4) is 0 Å². The molecule has 4 heteroatoms. The first-order chi connectivity index (χ1) is 8.15. The third-order valence-corrected chi connectivity index (χ3v) is 3.13. The van der Waals surface area contributed by atoms with Gasteiger partial charge in [-0.2, -0.15) is 0 Å². The van der Waals surface area contributed by atoms with E-state index in [4.69, 9.17) is 0 Å². The summed E-state index contributed by atoms with van der Waals surface area (Å²) < 4.78 is 1.01. The molecule has 17 heavy (non-hydrogen) atoms. The van der Waals surface area contributed by atoms with Crippen LogP contribution in [0.4, 0.5) is 10.5 Å². The minimum atomic E-state index is -0.202. The Balaban J connectivity index is 1.88. The van der Waals surface area contributed by atoms with Gasteiger partial charge >= 0.3 is 6.03 Å². The van der Waals surface area contributed by atoms with Crippen molar-refractivity contribution >= 4 is 27.6 Å². The minimum absolute atomic E-state index is 0.202. The van der Waals surface area contributed by atoms with Gasteiger partial charge < -0.3 is 10.6 Å². The molecule has 1 aliphatic rings. The molecule has 0 spiro atoms. The van der Waals surface area contributed by atoms with Crippen LogP contribution in [0.3, 0.4) is 0 Å². The molecule has 90 valence electrons. The first-order valence-corrected chi connectivity index (χ1v) is 6.45. The molecule has 0 aromatic heterocycles. The van der Waals surface area contributed by atoms with E-state index in [1.807, 2.05) is 31.2 Å². The van der Waals surface area contributed by atoms with E-state index in [1.165, 1.54) is 12.8 Å². The lowest BCUT2D eigenvalue weighted by molar-refractivity contribution is 0.255. The number of amides is 2. The summed E-state index contributed by atoms with van der Waals surface area (Å²) in [6.45, 7) is 1.96. The summed E-state index contributed by atoms with van der Waals surface area (Å²) in [5.41, 5.74) is 1.85. The summed E-state index contributed by atoms with van der Waals surface area (Å²) in [4.78, 5) is 11.6. The predicted octanol–water partition coefficient (Wildman–Crippen LogP) is 3.80. The van der Waals surface area contributed by atoms with Crippen LogP contribution in [0.5, 0.6) is 0 Å². The molecule has 1 fully saturated rings. The van der Waals surface area contributed by atoms with E-state index in [1.54, 1.807) is 6.20 Å². The molecule has 1 aromatic carbocycles. The van der Waals surface area contributed by atoms with Crippen LogP contribution >= 0.6 is 15.9 Å². The zero-order valence-electron chi connectivity index (χ0n) is 9.66. The molecule has 1 saturated carbocycles. The molecule has 0 heterocycles. The van der Waals surface area contributed by atoms with Crippen molar-refractivity contribution < 1.29 is 4.79 Å². The number of carbonyl (C=O) groups excluding carboxylic acids is 1. The molecule has 2 N–H and O–H groups in total. The molecule has 0 aliphatic heterocycles. The highest BCUT2D eigenvalue weighted by molar-refractivity contribution is 9.10. The maximum absolute atomic E-state index is 11.6. The Kier molecular flexibility index (Phi) is 3.84. The average molecular weight is 295 g/mol. The molecule has 0 atom stereocenters. The quantitative estimate of drug-likeness (QED) is 0.875. The lowest BCUT2D eigenvalue weighted by Gasteiger charge is -2.08. The molecule has 0 radical (unpaired) electrons. The van der Waals surface area contributed by atoms with Gasteiger partial charge in [0.15, 0.2) is 0 Å². The van der Waals surface area contributed by atoms with Crippen molar-refractivity contribution in [2.24, 2.45) is 5.92 Å². The number of allylic oxidation sites excluding steroid dienone is 1. The molecule has 2 rings (SSSR count). The van der Waals surface area contributed by atoms with Crippen LogP contribution in [-0.2, 0) is 0 Å². The normalized spacial score (nSPS) is 14.9. The number of halogens is 1. The molecule has 2 amide bonds. The SMILES string of the molecule is Cc1cc(Br)ccc1NC(=O)N/C=C/C1CC1. The van der Waals surface area contributed by atoms with Crippen LogP contribution < -0.4 is 10.6 Å². The van der Waals surface area contributed by atoms with E-state index in [9.17, 15) is 4.79 Å². The average Bonchev–Trinajstić information content (AvgIpc) is 3.06. The first kappa shape index (κ1) is 12.2. The van der Waals surface area contributed by atoms with Crippen molar-refractivity contribution in [3.63, 3.8) is 0 Å². The second-order valence-electron chi connectivity index (χ2n) is 4.25. The number of carbonyl (C=O) groups is 1. The second kappa shape index (κ2) is 5.36. The highest BCUT2D eigenvalue weighted by Crippen LogP contribution is 2.29. The van der Waals surface area contributed by atoms with Gasteiger partial charge in [-0.05, 0) is 49.4 Å². The van der Waals surface area contributed by atoms with Crippen LogP contribution in [0.25, 0.3) is 0 Å². The Labute approximate surface area is 109 Å². The summed E-state index contributed by atoms with van der Waals surface area (Å²) in [5.74, 6) is 0.671. The lowest BCUT2D eigenvalue weighted by Crippen LogP contribution is -2.24. The number of rotatable bonds is 3. The smallest absolute Gasteiger partial charge is 0.315 e. The lowest BCUT2D eigenvalue weighted by atomic mass is 10.2. The summed E-state index contributed by atoms with van der Waals surface area (Å²) in [6, 6.07) is 5.55. The molecular formula is C13H15BrN2O. The zero-order valence-corrected chi connectivity index (χ0v) is 11.3. The largest absolute Gasteiger partial charge is 0.323 e. The van der Waals surface area contributed by atoms with E-state index in [-0.39, 0.29) is 6.03 Å². The topological polar surface area (TPSA) is 41.1 Å². The fourth-order valence-electron chi connectivity index (χ4n) is 1.47. The Morgan fingerprint density at radius 1 is 1.47 bits per heavy atom. The monoisotopic (exact) mass is 294 g/mol. The van der Waals surface area contributed by atoms with Gasteiger partial charge in [-0.25, -0.2) is 4.79 Å². The van der Waals surface area contributed by atoms with Crippen molar-refractivity contribution in [1.82, 2.24) is 5.32 Å². The number of hydrogen-bond acceptors (Lipinski definition) is 1. The first-order valence-electron chi connectivity index (χ1n) is 5.65. The van der Waals surface area contributed by atoms with Crippen molar-refractivity contribution in [2.45, 2.75) is 19.8 Å². The molecule has 3 nitrogen and oxygen atoms in total. The van der Waals surface area contributed by atoms with Crippen LogP contribution in [0.15, 0.2) is 34.9 Å². The Morgan fingerprint density at radius 2 is 2.24 bits per heavy atom. The maximum atomic E-state index is 11.6. The number of benzene rings is 1. The fraction of sp³-hybridized carbons (Fsp3) is 0.308. The highest BCUT2D eigenvalue weighted by atomic mass is 79.9. The number of anilines is 1. The van der Waals surface area contributed by atoms with E-state index in [2.05, 4.69) is 26.6 Å². The third-order valence-electron chi connectivity index (χ3n) is 2.64. The van der Waals surface area contributed by atoms with Crippen LogP contribution in [0.2, 0.25) is 0 Å². The van der Waals surface area contributed by atoms with Gasteiger partial charge in [0, 0.05) is 16.4 Å². The minimum Gasteiger partial charge on any atom is -0.315 e. The molecule has 0 saturated heterocycles. The van der Waals surface area contributed by atoms with E-state index < -0.39 is 0 Å². The molecule has 0 unspecified atom stereocenters. The third kappa shape index (κ3) is 3.89. The standard InChI is InChI=1S/C13H15BrN2O/c1-9-8-11(14)4-5-12(9)16-13(17)15-7-6-10-2-3-10/h4-8,10H,2-3H2,1H3,(H2,15,16,17)/b7-6+. The van der Waals surface area contributed by atoms with Crippen LogP contribution in [0, 0.1) is 12.8 Å². The Morgan fingerprint density at radius 3 is 2.88 bits per heavy atom. The predicted molar refractivity (Wildman–Crippen MR) is 72.9 cm³/mol. The molecule has 0 bridgehead atoms. The fourth-order valence-corrected chi connectivity index (χ4v) is 1.95.